The monoisotopic (exact) mass is 343 g/mol. The molecule has 5 atom stereocenters. The molecule has 0 unspecified atom stereocenters. The summed E-state index contributed by atoms with van der Waals surface area (Å²) in [6, 6.07) is 8.24. The van der Waals surface area contributed by atoms with E-state index in [0.29, 0.717) is 5.92 Å². The molecule has 0 radical (unpaired) electrons. The summed E-state index contributed by atoms with van der Waals surface area (Å²) in [6.45, 7) is 4.14. The molecular weight excluding hydrogens is 318 g/mol. The number of hydrogen-bond donors (Lipinski definition) is 2. The average Bonchev–Trinajstić information content (AvgIpc) is 3.28. The fourth-order valence-corrected chi connectivity index (χ4v) is 5.39. The van der Waals surface area contributed by atoms with E-state index >= 15 is 0 Å². The normalized spacial score (nSPS) is 28.2. The minimum absolute atomic E-state index is 0.121. The van der Waals surface area contributed by atoms with Gasteiger partial charge in [0, 0.05) is 6.04 Å². The summed E-state index contributed by atoms with van der Waals surface area (Å²) in [5.74, 6) is 2.55. The lowest BCUT2D eigenvalue weighted by atomic mass is 9.84. The lowest BCUT2D eigenvalue weighted by Crippen LogP contribution is -2.43. The number of carbonyl (C=O) groups is 1. The van der Waals surface area contributed by atoms with E-state index in [0.717, 1.165) is 28.0 Å². The molecule has 2 saturated carbocycles. The smallest absolute Gasteiger partial charge is 0.233 e. The lowest BCUT2D eigenvalue weighted by molar-refractivity contribution is -0.121. The molecule has 128 valence electrons. The maximum absolute atomic E-state index is 12.6. The predicted octanol–water partition coefficient (Wildman–Crippen LogP) is 3.98. The third-order valence-corrected chi connectivity index (χ3v) is 6.81. The van der Waals surface area contributed by atoms with E-state index in [1.165, 1.54) is 37.4 Å². The first-order valence-electron chi connectivity index (χ1n) is 9.02. The third kappa shape index (κ3) is 3.06. The molecule has 1 aromatic heterocycles. The fourth-order valence-electron chi connectivity index (χ4n) is 4.56. The Bertz CT molecular complexity index is 710. The number of para-hydroxylation sites is 2. The zero-order chi connectivity index (χ0) is 16.7. The van der Waals surface area contributed by atoms with E-state index in [-0.39, 0.29) is 17.2 Å². The SMILES string of the molecule is C[C@@H](Sc1nc2ccccc2[nH]1)C(=O)N[C@H](C)[C@@H]1C[C@@H]2CC[C@@H]1C2. The first-order valence-corrected chi connectivity index (χ1v) is 9.90. The number of thioether (sulfide) groups is 1. The van der Waals surface area contributed by atoms with Gasteiger partial charge in [-0.1, -0.05) is 30.3 Å². The van der Waals surface area contributed by atoms with E-state index in [2.05, 4.69) is 22.2 Å². The minimum Gasteiger partial charge on any atom is -0.352 e. The van der Waals surface area contributed by atoms with Crippen LogP contribution in [0.1, 0.15) is 39.5 Å². The molecule has 4 nitrogen and oxygen atoms in total. The maximum atomic E-state index is 12.6. The molecule has 2 bridgehead atoms. The quantitative estimate of drug-likeness (QED) is 0.807. The Morgan fingerprint density at radius 3 is 2.83 bits per heavy atom. The van der Waals surface area contributed by atoms with Crippen LogP contribution in [-0.4, -0.2) is 27.2 Å². The molecule has 24 heavy (non-hydrogen) atoms. The first kappa shape index (κ1) is 16.0. The number of imidazole rings is 1. The van der Waals surface area contributed by atoms with Crippen molar-refractivity contribution in [2.24, 2.45) is 17.8 Å². The average molecular weight is 343 g/mol. The number of fused-ring (bicyclic) bond motifs is 3. The van der Waals surface area contributed by atoms with Crippen LogP contribution < -0.4 is 5.32 Å². The second-order valence-electron chi connectivity index (χ2n) is 7.46. The summed E-state index contributed by atoms with van der Waals surface area (Å²) in [4.78, 5) is 20.4. The van der Waals surface area contributed by atoms with Crippen molar-refractivity contribution in [2.45, 2.75) is 56.0 Å². The number of amides is 1. The molecule has 5 heteroatoms. The Hall–Kier alpha value is -1.49. The van der Waals surface area contributed by atoms with Gasteiger partial charge in [0.2, 0.25) is 5.91 Å². The molecule has 0 saturated heterocycles. The van der Waals surface area contributed by atoms with Crippen LogP contribution in [-0.2, 0) is 4.79 Å². The number of aromatic nitrogens is 2. The van der Waals surface area contributed by atoms with Gasteiger partial charge in [-0.2, -0.15) is 0 Å². The number of benzene rings is 1. The van der Waals surface area contributed by atoms with E-state index in [1.54, 1.807) is 0 Å². The molecule has 2 N–H and O–H groups in total. The highest BCUT2D eigenvalue weighted by Gasteiger charge is 2.42. The molecule has 1 heterocycles. The van der Waals surface area contributed by atoms with Crippen LogP contribution in [0.15, 0.2) is 29.4 Å². The van der Waals surface area contributed by atoms with Crippen LogP contribution in [0.25, 0.3) is 11.0 Å². The van der Waals surface area contributed by atoms with Gasteiger partial charge < -0.3 is 10.3 Å². The standard InChI is InChI=1S/C19H25N3OS/c1-11(15-10-13-7-8-14(15)9-13)20-18(23)12(2)24-19-21-16-5-3-4-6-17(16)22-19/h3-6,11-15H,7-10H2,1-2H3,(H,20,23)(H,21,22)/t11-,12-,13-,14-,15+/m1/s1. The Morgan fingerprint density at radius 1 is 1.29 bits per heavy atom. The number of aromatic amines is 1. The lowest BCUT2D eigenvalue weighted by Gasteiger charge is -2.29. The number of carbonyl (C=O) groups excluding carboxylic acids is 1. The maximum Gasteiger partial charge on any atom is 0.233 e. The van der Waals surface area contributed by atoms with Gasteiger partial charge in [-0.15, -0.1) is 0 Å². The zero-order valence-corrected chi connectivity index (χ0v) is 15.1. The van der Waals surface area contributed by atoms with Crippen LogP contribution in [0.3, 0.4) is 0 Å². The van der Waals surface area contributed by atoms with Crippen LogP contribution in [0.2, 0.25) is 0 Å². The van der Waals surface area contributed by atoms with Crippen LogP contribution in [0.4, 0.5) is 0 Å². The number of nitrogens with zero attached hydrogens (tertiary/aromatic N) is 1. The Morgan fingerprint density at radius 2 is 2.12 bits per heavy atom. The summed E-state index contributed by atoms with van der Waals surface area (Å²) in [7, 11) is 0. The first-order chi connectivity index (χ1) is 11.6. The van der Waals surface area contributed by atoms with E-state index < -0.39 is 0 Å². The van der Waals surface area contributed by atoms with Crippen molar-refractivity contribution in [1.82, 2.24) is 15.3 Å². The molecule has 2 aliphatic carbocycles. The molecule has 2 aromatic rings. The number of rotatable bonds is 5. The van der Waals surface area contributed by atoms with Gasteiger partial charge in [0.1, 0.15) is 0 Å². The number of H-pyrrole nitrogens is 1. The molecule has 0 aliphatic heterocycles. The van der Waals surface area contributed by atoms with Crippen molar-refractivity contribution in [3.63, 3.8) is 0 Å². The van der Waals surface area contributed by atoms with Crippen molar-refractivity contribution in [1.29, 1.82) is 0 Å². The second-order valence-corrected chi connectivity index (χ2v) is 8.78. The molecule has 0 spiro atoms. The van der Waals surface area contributed by atoms with E-state index in [4.69, 9.17) is 0 Å². The van der Waals surface area contributed by atoms with Crippen molar-refractivity contribution in [3.05, 3.63) is 24.3 Å². The van der Waals surface area contributed by atoms with E-state index in [9.17, 15) is 4.79 Å². The van der Waals surface area contributed by atoms with Crippen molar-refractivity contribution in [3.8, 4) is 0 Å². The summed E-state index contributed by atoms with van der Waals surface area (Å²) >= 11 is 1.50. The largest absolute Gasteiger partial charge is 0.352 e. The van der Waals surface area contributed by atoms with Gasteiger partial charge in [-0.3, -0.25) is 4.79 Å². The van der Waals surface area contributed by atoms with Crippen molar-refractivity contribution >= 4 is 28.7 Å². The van der Waals surface area contributed by atoms with Gasteiger partial charge in [-0.25, -0.2) is 4.98 Å². The topological polar surface area (TPSA) is 57.8 Å². The summed E-state index contributed by atoms with van der Waals surface area (Å²) in [5.41, 5.74) is 1.96. The van der Waals surface area contributed by atoms with Gasteiger partial charge in [0.15, 0.2) is 5.16 Å². The zero-order valence-electron chi connectivity index (χ0n) is 14.3. The summed E-state index contributed by atoms with van der Waals surface area (Å²) in [6.07, 6.45) is 5.45. The second kappa shape index (κ2) is 6.43. The van der Waals surface area contributed by atoms with Crippen LogP contribution in [0, 0.1) is 17.8 Å². The Balaban J connectivity index is 1.35. The van der Waals surface area contributed by atoms with E-state index in [1.807, 2.05) is 31.2 Å². The minimum atomic E-state index is -0.147. The summed E-state index contributed by atoms with van der Waals surface area (Å²) < 4.78 is 0. The van der Waals surface area contributed by atoms with Crippen LogP contribution >= 0.6 is 11.8 Å². The molecule has 1 aromatic carbocycles. The Kier molecular flexibility index (Phi) is 4.29. The number of nitrogens with one attached hydrogen (secondary N) is 2. The highest BCUT2D eigenvalue weighted by Crippen LogP contribution is 2.49. The van der Waals surface area contributed by atoms with Gasteiger partial charge in [-0.05, 0) is 63.0 Å². The summed E-state index contributed by atoms with van der Waals surface area (Å²) in [5, 5.41) is 3.92. The van der Waals surface area contributed by atoms with Gasteiger partial charge in [0.25, 0.3) is 0 Å². The molecule has 1 amide bonds. The third-order valence-electron chi connectivity index (χ3n) is 5.83. The molecule has 2 aliphatic rings. The fraction of sp³-hybridized carbons (Fsp3) is 0.579. The van der Waals surface area contributed by atoms with Gasteiger partial charge >= 0.3 is 0 Å². The van der Waals surface area contributed by atoms with Crippen molar-refractivity contribution in [2.75, 3.05) is 0 Å². The van der Waals surface area contributed by atoms with Gasteiger partial charge in [0.05, 0.1) is 16.3 Å². The Labute approximate surface area is 147 Å². The molecule has 2 fully saturated rings. The highest BCUT2D eigenvalue weighted by atomic mass is 32.2. The molecular formula is C19H25N3OS. The van der Waals surface area contributed by atoms with Crippen LogP contribution in [0.5, 0.6) is 0 Å². The van der Waals surface area contributed by atoms with Crippen molar-refractivity contribution < 1.29 is 4.79 Å². The number of hydrogen-bond acceptors (Lipinski definition) is 3. The highest BCUT2D eigenvalue weighted by molar-refractivity contribution is 8.00. The molecule has 4 rings (SSSR count). The predicted molar refractivity (Wildman–Crippen MR) is 98.0 cm³/mol.